The first-order chi connectivity index (χ1) is 10.7. The standard InChI is InChI=1S/C18H18O4/c1-20-14-9-6-10-15-16(14)17(19)18(21-2,12-22-15)11-13-7-4-3-5-8-13/h3-10H,11-12H2,1-2H3. The monoisotopic (exact) mass is 298 g/mol. The molecule has 0 fully saturated rings. The molecule has 0 aliphatic carbocycles. The number of carbonyl (C=O) groups is 1. The number of fused-ring (bicyclic) bond motifs is 1. The zero-order valence-electron chi connectivity index (χ0n) is 12.7. The molecular formula is C18H18O4. The van der Waals surface area contributed by atoms with Crippen LogP contribution in [-0.4, -0.2) is 32.2 Å². The van der Waals surface area contributed by atoms with Crippen molar-refractivity contribution in [3.05, 3.63) is 59.7 Å². The van der Waals surface area contributed by atoms with Gasteiger partial charge in [0.15, 0.2) is 5.60 Å². The minimum Gasteiger partial charge on any atom is -0.496 e. The second-order valence-electron chi connectivity index (χ2n) is 5.31. The van der Waals surface area contributed by atoms with Gasteiger partial charge in [-0.2, -0.15) is 0 Å². The van der Waals surface area contributed by atoms with Gasteiger partial charge in [-0.05, 0) is 17.7 Å². The number of hydrogen-bond acceptors (Lipinski definition) is 4. The van der Waals surface area contributed by atoms with Gasteiger partial charge in [-0.1, -0.05) is 36.4 Å². The highest BCUT2D eigenvalue weighted by Gasteiger charge is 2.46. The Bertz CT molecular complexity index is 666. The van der Waals surface area contributed by atoms with E-state index in [1.165, 1.54) is 0 Å². The average Bonchev–Trinajstić information content (AvgIpc) is 2.58. The Hall–Kier alpha value is -2.33. The number of rotatable bonds is 4. The normalized spacial score (nSPS) is 20.2. The number of Topliss-reactive ketones (excluding diaryl/α,β-unsaturated/α-hetero) is 1. The Morgan fingerprint density at radius 1 is 1.09 bits per heavy atom. The van der Waals surface area contributed by atoms with E-state index < -0.39 is 5.60 Å². The Labute approximate surface area is 129 Å². The van der Waals surface area contributed by atoms with Crippen LogP contribution in [0.2, 0.25) is 0 Å². The van der Waals surface area contributed by atoms with Gasteiger partial charge < -0.3 is 14.2 Å². The summed E-state index contributed by atoms with van der Waals surface area (Å²) in [5, 5.41) is 0. The number of ether oxygens (including phenoxy) is 3. The van der Waals surface area contributed by atoms with Gasteiger partial charge in [-0.3, -0.25) is 4.79 Å². The maximum Gasteiger partial charge on any atom is 0.205 e. The predicted molar refractivity (Wildman–Crippen MR) is 82.7 cm³/mol. The van der Waals surface area contributed by atoms with Crippen molar-refractivity contribution >= 4 is 5.78 Å². The third-order valence-electron chi connectivity index (χ3n) is 4.03. The van der Waals surface area contributed by atoms with E-state index >= 15 is 0 Å². The molecule has 0 bridgehead atoms. The Kier molecular flexibility index (Phi) is 3.86. The minimum absolute atomic E-state index is 0.0995. The molecule has 0 radical (unpaired) electrons. The summed E-state index contributed by atoms with van der Waals surface area (Å²) in [7, 11) is 3.09. The van der Waals surface area contributed by atoms with Crippen LogP contribution in [0.4, 0.5) is 0 Å². The fourth-order valence-electron chi connectivity index (χ4n) is 2.79. The largest absolute Gasteiger partial charge is 0.496 e. The lowest BCUT2D eigenvalue weighted by molar-refractivity contribution is -0.0308. The molecule has 0 N–H and O–H groups in total. The molecule has 2 aromatic carbocycles. The second-order valence-corrected chi connectivity index (χ2v) is 5.31. The smallest absolute Gasteiger partial charge is 0.205 e. The van der Waals surface area contributed by atoms with Gasteiger partial charge >= 0.3 is 0 Å². The molecule has 0 saturated heterocycles. The molecule has 1 aliphatic rings. The molecular weight excluding hydrogens is 280 g/mol. The van der Waals surface area contributed by atoms with Crippen molar-refractivity contribution in [2.45, 2.75) is 12.0 Å². The van der Waals surface area contributed by atoms with E-state index in [-0.39, 0.29) is 12.4 Å². The summed E-state index contributed by atoms with van der Waals surface area (Å²) in [6, 6.07) is 15.1. The van der Waals surface area contributed by atoms with E-state index in [4.69, 9.17) is 14.2 Å². The quantitative estimate of drug-likeness (QED) is 0.870. The lowest BCUT2D eigenvalue weighted by Crippen LogP contribution is -2.51. The molecule has 0 spiro atoms. The van der Waals surface area contributed by atoms with Gasteiger partial charge in [0.1, 0.15) is 23.7 Å². The predicted octanol–water partition coefficient (Wildman–Crippen LogP) is 2.90. The molecule has 3 rings (SSSR count). The summed E-state index contributed by atoms with van der Waals surface area (Å²) in [5.41, 5.74) is 0.455. The van der Waals surface area contributed by atoms with Crippen LogP contribution in [0, 0.1) is 0 Å². The molecule has 22 heavy (non-hydrogen) atoms. The van der Waals surface area contributed by atoms with E-state index in [1.807, 2.05) is 36.4 Å². The number of benzene rings is 2. The van der Waals surface area contributed by atoms with Gasteiger partial charge in [0, 0.05) is 13.5 Å². The van der Waals surface area contributed by atoms with Crippen LogP contribution in [0.5, 0.6) is 11.5 Å². The highest BCUT2D eigenvalue weighted by atomic mass is 16.5. The lowest BCUT2D eigenvalue weighted by Gasteiger charge is -2.35. The molecule has 4 heteroatoms. The molecule has 2 aromatic rings. The molecule has 0 saturated carbocycles. The first-order valence-corrected chi connectivity index (χ1v) is 7.14. The second kappa shape index (κ2) is 5.81. The summed E-state index contributed by atoms with van der Waals surface area (Å²) in [6.07, 6.45) is 0.459. The van der Waals surface area contributed by atoms with Crippen LogP contribution >= 0.6 is 0 Å². The molecule has 1 unspecified atom stereocenters. The maximum atomic E-state index is 13.1. The van der Waals surface area contributed by atoms with E-state index in [1.54, 1.807) is 26.4 Å². The van der Waals surface area contributed by atoms with Crippen LogP contribution in [0.1, 0.15) is 15.9 Å². The molecule has 1 atom stereocenters. The summed E-state index contributed by atoms with van der Waals surface area (Å²) < 4.78 is 16.7. The first-order valence-electron chi connectivity index (χ1n) is 7.14. The molecule has 114 valence electrons. The number of methoxy groups -OCH3 is 2. The Morgan fingerprint density at radius 3 is 2.55 bits per heavy atom. The van der Waals surface area contributed by atoms with Gasteiger partial charge in [-0.15, -0.1) is 0 Å². The molecule has 1 aliphatic heterocycles. The molecule has 4 nitrogen and oxygen atoms in total. The van der Waals surface area contributed by atoms with Gasteiger partial charge in [0.2, 0.25) is 5.78 Å². The lowest BCUT2D eigenvalue weighted by atomic mass is 9.84. The number of carbonyl (C=O) groups excluding carboxylic acids is 1. The van der Waals surface area contributed by atoms with Crippen molar-refractivity contribution in [3.63, 3.8) is 0 Å². The number of ketones is 1. The maximum absolute atomic E-state index is 13.1. The minimum atomic E-state index is -1.02. The summed E-state index contributed by atoms with van der Waals surface area (Å²) >= 11 is 0. The van der Waals surface area contributed by atoms with E-state index in [9.17, 15) is 4.79 Å². The summed E-state index contributed by atoms with van der Waals surface area (Å²) in [5.74, 6) is 0.958. The summed E-state index contributed by atoms with van der Waals surface area (Å²) in [6.45, 7) is 0.192. The zero-order valence-corrected chi connectivity index (χ0v) is 12.7. The Morgan fingerprint density at radius 2 is 1.86 bits per heavy atom. The highest BCUT2D eigenvalue weighted by molar-refractivity contribution is 6.08. The van der Waals surface area contributed by atoms with Gasteiger partial charge in [0.05, 0.1) is 7.11 Å². The third kappa shape index (κ3) is 2.35. The van der Waals surface area contributed by atoms with Crippen molar-refractivity contribution < 1.29 is 19.0 Å². The SMILES string of the molecule is COc1cccc2c1C(=O)C(Cc1ccccc1)(OC)CO2. The highest BCUT2D eigenvalue weighted by Crippen LogP contribution is 2.38. The van der Waals surface area contributed by atoms with Crippen LogP contribution in [0.3, 0.4) is 0 Å². The van der Waals surface area contributed by atoms with Crippen LogP contribution in [0.15, 0.2) is 48.5 Å². The van der Waals surface area contributed by atoms with E-state index in [0.29, 0.717) is 23.5 Å². The molecule has 0 amide bonds. The van der Waals surface area contributed by atoms with Crippen molar-refractivity contribution in [3.8, 4) is 11.5 Å². The van der Waals surface area contributed by atoms with E-state index in [0.717, 1.165) is 5.56 Å². The van der Waals surface area contributed by atoms with Crippen molar-refractivity contribution in [1.82, 2.24) is 0 Å². The zero-order chi connectivity index (χ0) is 15.6. The topological polar surface area (TPSA) is 44.8 Å². The first kappa shape index (κ1) is 14.6. The van der Waals surface area contributed by atoms with Crippen molar-refractivity contribution in [2.75, 3.05) is 20.8 Å². The van der Waals surface area contributed by atoms with Crippen LogP contribution in [0.25, 0.3) is 0 Å². The van der Waals surface area contributed by atoms with Gasteiger partial charge in [0.25, 0.3) is 0 Å². The van der Waals surface area contributed by atoms with Crippen molar-refractivity contribution in [1.29, 1.82) is 0 Å². The fraction of sp³-hybridized carbons (Fsp3) is 0.278. The van der Waals surface area contributed by atoms with E-state index in [2.05, 4.69) is 0 Å². The molecule has 0 aromatic heterocycles. The van der Waals surface area contributed by atoms with Crippen molar-refractivity contribution in [2.24, 2.45) is 0 Å². The molecule has 1 heterocycles. The average molecular weight is 298 g/mol. The Balaban J connectivity index is 2.02. The van der Waals surface area contributed by atoms with Crippen LogP contribution < -0.4 is 9.47 Å². The van der Waals surface area contributed by atoms with Crippen LogP contribution in [-0.2, 0) is 11.2 Å². The fourth-order valence-corrected chi connectivity index (χ4v) is 2.79. The summed E-state index contributed by atoms with van der Waals surface area (Å²) in [4.78, 5) is 13.1. The third-order valence-corrected chi connectivity index (χ3v) is 4.03. The number of hydrogen-bond donors (Lipinski definition) is 0. The van der Waals surface area contributed by atoms with Gasteiger partial charge in [-0.25, -0.2) is 0 Å².